The van der Waals surface area contributed by atoms with Crippen molar-refractivity contribution in [1.82, 2.24) is 10.3 Å². The topological polar surface area (TPSA) is 37.0 Å². The average Bonchev–Trinajstić information content (AvgIpc) is 3.13. The summed E-state index contributed by atoms with van der Waals surface area (Å²) in [5, 5.41) is 4.80. The van der Waals surface area contributed by atoms with Gasteiger partial charge in [0.1, 0.15) is 5.75 Å². The van der Waals surface area contributed by atoms with Crippen LogP contribution in [0.2, 0.25) is 0 Å². The Morgan fingerprint density at radius 3 is 2.94 bits per heavy atom. The summed E-state index contributed by atoms with van der Waals surface area (Å²) in [5.74, 6) is 0.918. The van der Waals surface area contributed by atoms with E-state index in [-0.39, 0.29) is 0 Å². The molecule has 1 fully saturated rings. The minimum absolute atomic E-state index is 0.746. The molecule has 3 nitrogen and oxygen atoms in total. The van der Waals surface area contributed by atoms with Gasteiger partial charge in [-0.15, -0.1) is 0 Å². The van der Waals surface area contributed by atoms with Gasteiger partial charge in [0.25, 0.3) is 0 Å². The number of fused-ring (bicyclic) bond motifs is 1. The third-order valence-electron chi connectivity index (χ3n) is 3.51. The molecule has 2 aromatic rings. The Hall–Kier alpha value is -1.48. The number of rotatable bonds is 4. The highest BCUT2D eigenvalue weighted by Gasteiger charge is 2.20. The summed E-state index contributed by atoms with van der Waals surface area (Å²) < 4.78 is 5.27. The fourth-order valence-electron chi connectivity index (χ4n) is 2.20. The van der Waals surface area contributed by atoms with E-state index in [4.69, 9.17) is 4.74 Å². The fraction of sp³-hybridized carbons (Fsp3) is 0.429. The van der Waals surface area contributed by atoms with Crippen molar-refractivity contribution in [3.8, 4) is 5.75 Å². The van der Waals surface area contributed by atoms with Crippen molar-refractivity contribution >= 4 is 10.9 Å². The molecular weight excluding hydrogens is 212 g/mol. The molecule has 0 amide bonds. The summed E-state index contributed by atoms with van der Waals surface area (Å²) in [7, 11) is 1.71. The molecule has 2 N–H and O–H groups in total. The number of hydrogen-bond acceptors (Lipinski definition) is 2. The van der Waals surface area contributed by atoms with Gasteiger partial charge < -0.3 is 15.0 Å². The van der Waals surface area contributed by atoms with Crippen molar-refractivity contribution in [2.24, 2.45) is 0 Å². The van der Waals surface area contributed by atoms with Gasteiger partial charge in [0.2, 0.25) is 0 Å². The lowest BCUT2D eigenvalue weighted by atomic mass is 10.1. The minimum Gasteiger partial charge on any atom is -0.497 e. The van der Waals surface area contributed by atoms with Crippen LogP contribution in [-0.2, 0) is 6.54 Å². The second-order valence-corrected chi connectivity index (χ2v) is 4.80. The van der Waals surface area contributed by atoms with Crippen LogP contribution >= 0.6 is 0 Å². The number of methoxy groups -OCH3 is 1. The van der Waals surface area contributed by atoms with Crippen molar-refractivity contribution in [1.29, 1.82) is 0 Å². The smallest absolute Gasteiger partial charge is 0.119 e. The highest BCUT2D eigenvalue weighted by Crippen LogP contribution is 2.26. The van der Waals surface area contributed by atoms with E-state index >= 15 is 0 Å². The quantitative estimate of drug-likeness (QED) is 0.847. The molecule has 0 atom stereocenters. The minimum atomic E-state index is 0.746. The van der Waals surface area contributed by atoms with Crippen molar-refractivity contribution in [3.63, 3.8) is 0 Å². The van der Waals surface area contributed by atoms with E-state index in [9.17, 15) is 0 Å². The fourth-order valence-corrected chi connectivity index (χ4v) is 2.20. The van der Waals surface area contributed by atoms with Gasteiger partial charge in [-0.2, -0.15) is 0 Å². The second-order valence-electron chi connectivity index (χ2n) is 4.80. The molecule has 1 heterocycles. The molecule has 90 valence electrons. The molecule has 1 aliphatic carbocycles. The van der Waals surface area contributed by atoms with E-state index in [0.29, 0.717) is 0 Å². The maximum Gasteiger partial charge on any atom is 0.119 e. The second kappa shape index (κ2) is 4.08. The van der Waals surface area contributed by atoms with Gasteiger partial charge in [-0.25, -0.2) is 0 Å². The molecule has 3 rings (SSSR count). The number of aromatic nitrogens is 1. The average molecular weight is 230 g/mol. The van der Waals surface area contributed by atoms with Gasteiger partial charge in [0.05, 0.1) is 7.11 Å². The Morgan fingerprint density at radius 1 is 1.41 bits per heavy atom. The first kappa shape index (κ1) is 10.7. The summed E-state index contributed by atoms with van der Waals surface area (Å²) in [6, 6.07) is 6.93. The molecule has 1 aromatic carbocycles. The number of nitrogens with one attached hydrogen (secondary N) is 2. The highest BCUT2D eigenvalue weighted by molar-refractivity contribution is 5.85. The maximum absolute atomic E-state index is 5.27. The van der Waals surface area contributed by atoms with Crippen molar-refractivity contribution in [2.45, 2.75) is 32.4 Å². The molecule has 0 saturated heterocycles. The van der Waals surface area contributed by atoms with Crippen LogP contribution < -0.4 is 10.1 Å². The van der Waals surface area contributed by atoms with Crippen molar-refractivity contribution < 1.29 is 4.74 Å². The third-order valence-corrected chi connectivity index (χ3v) is 3.51. The Kier molecular flexibility index (Phi) is 2.56. The number of aromatic amines is 1. The predicted molar refractivity (Wildman–Crippen MR) is 69.4 cm³/mol. The summed E-state index contributed by atoms with van der Waals surface area (Å²) in [6.07, 6.45) is 2.65. The normalized spacial score (nSPS) is 15.4. The number of H-pyrrole nitrogens is 1. The maximum atomic E-state index is 5.27. The van der Waals surface area contributed by atoms with Crippen molar-refractivity contribution in [2.75, 3.05) is 7.11 Å². The van der Waals surface area contributed by atoms with Gasteiger partial charge in [-0.3, -0.25) is 0 Å². The Morgan fingerprint density at radius 2 is 2.24 bits per heavy atom. The molecule has 3 heteroatoms. The highest BCUT2D eigenvalue weighted by atomic mass is 16.5. The van der Waals surface area contributed by atoms with Gasteiger partial charge in [0, 0.05) is 29.2 Å². The van der Waals surface area contributed by atoms with Gasteiger partial charge in [0.15, 0.2) is 0 Å². The van der Waals surface area contributed by atoms with Crippen LogP contribution in [-0.4, -0.2) is 18.1 Å². The lowest BCUT2D eigenvalue weighted by Gasteiger charge is -2.01. The molecule has 17 heavy (non-hydrogen) atoms. The Bertz CT molecular complexity index is 540. The van der Waals surface area contributed by atoms with Crippen LogP contribution in [0.1, 0.15) is 24.1 Å². The molecule has 1 aliphatic rings. The Balaban J connectivity index is 1.92. The zero-order chi connectivity index (χ0) is 11.8. The third kappa shape index (κ3) is 2.03. The first-order valence-electron chi connectivity index (χ1n) is 6.16. The van der Waals surface area contributed by atoms with E-state index < -0.39 is 0 Å². The Labute approximate surface area is 101 Å². The predicted octanol–water partition coefficient (Wildman–Crippen LogP) is 2.74. The van der Waals surface area contributed by atoms with Gasteiger partial charge in [-0.05, 0) is 43.5 Å². The van der Waals surface area contributed by atoms with Crippen LogP contribution in [0.3, 0.4) is 0 Å². The summed E-state index contributed by atoms with van der Waals surface area (Å²) in [5.41, 5.74) is 3.81. The lowest BCUT2D eigenvalue weighted by molar-refractivity contribution is 0.415. The number of ether oxygens (including phenoxy) is 1. The van der Waals surface area contributed by atoms with E-state index in [1.807, 2.05) is 6.07 Å². The molecule has 1 saturated carbocycles. The lowest BCUT2D eigenvalue weighted by Crippen LogP contribution is -2.16. The molecular formula is C14H18N2O. The first-order valence-corrected chi connectivity index (χ1v) is 6.16. The molecule has 0 aliphatic heterocycles. The van der Waals surface area contributed by atoms with Crippen LogP contribution in [0.25, 0.3) is 10.9 Å². The van der Waals surface area contributed by atoms with Crippen LogP contribution in [0.15, 0.2) is 18.2 Å². The van der Waals surface area contributed by atoms with Gasteiger partial charge in [-0.1, -0.05) is 0 Å². The zero-order valence-electron chi connectivity index (χ0n) is 10.3. The molecule has 0 bridgehead atoms. The van der Waals surface area contributed by atoms with Crippen LogP contribution in [0.5, 0.6) is 5.75 Å². The van der Waals surface area contributed by atoms with Crippen molar-refractivity contribution in [3.05, 3.63) is 29.5 Å². The van der Waals surface area contributed by atoms with Gasteiger partial charge >= 0.3 is 0 Å². The van der Waals surface area contributed by atoms with E-state index in [2.05, 4.69) is 29.4 Å². The van der Waals surface area contributed by atoms with Crippen LogP contribution in [0.4, 0.5) is 0 Å². The molecule has 1 aromatic heterocycles. The monoisotopic (exact) mass is 230 g/mol. The van der Waals surface area contributed by atoms with Crippen LogP contribution in [0, 0.1) is 6.92 Å². The molecule has 0 unspecified atom stereocenters. The van der Waals surface area contributed by atoms with E-state index in [1.54, 1.807) is 7.11 Å². The van der Waals surface area contributed by atoms with E-state index in [1.165, 1.54) is 35.0 Å². The first-order chi connectivity index (χ1) is 8.28. The molecule has 0 spiro atoms. The largest absolute Gasteiger partial charge is 0.497 e. The standard InChI is InChI=1S/C14H18N2O/c1-9-12-7-11(17-2)5-6-13(12)16-14(9)8-15-10-3-4-10/h5-7,10,15-16H,3-4,8H2,1-2H3. The van der Waals surface area contributed by atoms with E-state index in [0.717, 1.165) is 18.3 Å². The summed E-state index contributed by atoms with van der Waals surface area (Å²) >= 11 is 0. The SMILES string of the molecule is COc1ccc2[nH]c(CNC3CC3)c(C)c2c1. The summed E-state index contributed by atoms with van der Waals surface area (Å²) in [6.45, 7) is 3.11. The number of benzene rings is 1. The number of hydrogen-bond donors (Lipinski definition) is 2. The summed E-state index contributed by atoms with van der Waals surface area (Å²) in [4.78, 5) is 3.48. The zero-order valence-corrected chi connectivity index (χ0v) is 10.3. The molecule has 0 radical (unpaired) electrons. The number of aryl methyl sites for hydroxylation is 1.